The van der Waals surface area contributed by atoms with E-state index in [1.165, 1.54) is 16.3 Å². The summed E-state index contributed by atoms with van der Waals surface area (Å²) in [5.41, 5.74) is 9.23. The molecule has 0 radical (unpaired) electrons. The van der Waals surface area contributed by atoms with Crippen molar-refractivity contribution in [2.45, 2.75) is 12.5 Å². The molecule has 118 valence electrons. The molecule has 1 heterocycles. The quantitative estimate of drug-likeness (QED) is 0.714. The van der Waals surface area contributed by atoms with Gasteiger partial charge in [-0.3, -0.25) is 0 Å². The predicted octanol–water partition coefficient (Wildman–Crippen LogP) is 4.23. The van der Waals surface area contributed by atoms with E-state index in [0.29, 0.717) is 5.11 Å². The summed E-state index contributed by atoms with van der Waals surface area (Å²) in [7, 11) is 0. The Labute approximate surface area is 146 Å². The fourth-order valence-electron chi connectivity index (χ4n) is 3.19. The number of hydrogen-bond acceptors (Lipinski definition) is 2. The molecule has 3 nitrogen and oxygen atoms in total. The summed E-state index contributed by atoms with van der Waals surface area (Å²) in [6.07, 6.45) is 0.791. The Bertz CT molecular complexity index is 934. The molecule has 1 aliphatic heterocycles. The molecule has 24 heavy (non-hydrogen) atoms. The van der Waals surface area contributed by atoms with E-state index >= 15 is 0 Å². The van der Waals surface area contributed by atoms with Crippen molar-refractivity contribution in [3.05, 3.63) is 83.9 Å². The molecule has 1 unspecified atom stereocenters. The molecule has 3 aromatic carbocycles. The zero-order valence-corrected chi connectivity index (χ0v) is 13.9. The number of hydrazone groups is 1. The van der Waals surface area contributed by atoms with Gasteiger partial charge in [0.2, 0.25) is 0 Å². The maximum Gasteiger partial charge on any atom is 0.187 e. The van der Waals surface area contributed by atoms with Crippen molar-refractivity contribution in [2.24, 2.45) is 10.8 Å². The smallest absolute Gasteiger partial charge is 0.187 e. The van der Waals surface area contributed by atoms with E-state index in [-0.39, 0.29) is 6.04 Å². The number of hydrogen-bond donors (Lipinski definition) is 1. The van der Waals surface area contributed by atoms with Crippen LogP contribution in [0.15, 0.2) is 77.9 Å². The second kappa shape index (κ2) is 6.06. The first-order chi connectivity index (χ1) is 11.7. The highest BCUT2D eigenvalue weighted by Gasteiger charge is 2.30. The third-order valence-electron chi connectivity index (χ3n) is 4.40. The van der Waals surface area contributed by atoms with Crippen LogP contribution in [0.3, 0.4) is 0 Å². The van der Waals surface area contributed by atoms with Gasteiger partial charge in [0.25, 0.3) is 0 Å². The lowest BCUT2D eigenvalue weighted by atomic mass is 9.96. The summed E-state index contributed by atoms with van der Waals surface area (Å²) in [5.74, 6) is 0. The first-order valence-corrected chi connectivity index (χ1v) is 8.33. The van der Waals surface area contributed by atoms with Crippen LogP contribution in [0.4, 0.5) is 0 Å². The molecule has 0 bridgehead atoms. The molecular weight excluding hydrogens is 314 g/mol. The molecule has 0 saturated carbocycles. The molecule has 1 aliphatic rings. The van der Waals surface area contributed by atoms with Crippen LogP contribution in [0.5, 0.6) is 0 Å². The van der Waals surface area contributed by atoms with E-state index in [0.717, 1.165) is 17.7 Å². The molecule has 4 rings (SSSR count). The number of fused-ring (bicyclic) bond motifs is 1. The minimum Gasteiger partial charge on any atom is -0.375 e. The molecule has 3 aromatic rings. The van der Waals surface area contributed by atoms with Gasteiger partial charge >= 0.3 is 0 Å². The Kier molecular flexibility index (Phi) is 3.75. The standard InChI is InChI=1S/C20H17N3S/c21-20(24)23-19(13-18(22-23)15-7-2-1-3-8-15)17-11-10-14-6-4-5-9-16(14)12-17/h1-12,19H,13H2,(H2,21,24). The van der Waals surface area contributed by atoms with Crippen LogP contribution in [-0.2, 0) is 0 Å². The number of nitrogens with zero attached hydrogens (tertiary/aromatic N) is 2. The molecular formula is C20H17N3S. The van der Waals surface area contributed by atoms with E-state index < -0.39 is 0 Å². The minimum atomic E-state index is 0.0438. The van der Waals surface area contributed by atoms with Gasteiger partial charge in [-0.05, 0) is 40.2 Å². The van der Waals surface area contributed by atoms with Crippen molar-refractivity contribution in [2.75, 3.05) is 0 Å². The van der Waals surface area contributed by atoms with Gasteiger partial charge in [-0.1, -0.05) is 66.7 Å². The highest BCUT2D eigenvalue weighted by atomic mass is 32.1. The Morgan fingerprint density at radius 2 is 1.67 bits per heavy atom. The van der Waals surface area contributed by atoms with Gasteiger partial charge in [0.1, 0.15) is 0 Å². The zero-order chi connectivity index (χ0) is 16.5. The average molecular weight is 331 g/mol. The Morgan fingerprint density at radius 1 is 0.958 bits per heavy atom. The summed E-state index contributed by atoms with van der Waals surface area (Å²) in [6, 6.07) is 25.1. The highest BCUT2D eigenvalue weighted by Crippen LogP contribution is 2.33. The lowest BCUT2D eigenvalue weighted by Crippen LogP contribution is -2.31. The van der Waals surface area contributed by atoms with Gasteiger partial charge in [0.05, 0.1) is 11.8 Å². The van der Waals surface area contributed by atoms with Crippen molar-refractivity contribution in [1.82, 2.24) is 5.01 Å². The predicted molar refractivity (Wildman–Crippen MR) is 103 cm³/mol. The van der Waals surface area contributed by atoms with Crippen molar-refractivity contribution < 1.29 is 0 Å². The van der Waals surface area contributed by atoms with E-state index in [4.69, 9.17) is 18.0 Å². The van der Waals surface area contributed by atoms with Crippen LogP contribution in [0.1, 0.15) is 23.6 Å². The normalized spacial score (nSPS) is 17.1. The van der Waals surface area contributed by atoms with Gasteiger partial charge in [0, 0.05) is 6.42 Å². The van der Waals surface area contributed by atoms with Crippen LogP contribution < -0.4 is 5.73 Å². The van der Waals surface area contributed by atoms with Crippen LogP contribution in [0.2, 0.25) is 0 Å². The van der Waals surface area contributed by atoms with Crippen molar-refractivity contribution in [3.63, 3.8) is 0 Å². The summed E-state index contributed by atoms with van der Waals surface area (Å²) in [6.45, 7) is 0. The Balaban J connectivity index is 1.72. The van der Waals surface area contributed by atoms with Gasteiger partial charge in [-0.25, -0.2) is 5.01 Å². The average Bonchev–Trinajstić information content (AvgIpc) is 3.08. The maximum absolute atomic E-state index is 5.93. The molecule has 0 saturated heterocycles. The molecule has 0 amide bonds. The molecule has 0 fully saturated rings. The molecule has 0 spiro atoms. The van der Waals surface area contributed by atoms with E-state index in [1.807, 2.05) is 18.2 Å². The molecule has 0 aromatic heterocycles. The number of benzene rings is 3. The lowest BCUT2D eigenvalue weighted by Gasteiger charge is -2.22. The Morgan fingerprint density at radius 3 is 2.42 bits per heavy atom. The molecule has 1 atom stereocenters. The van der Waals surface area contributed by atoms with Gasteiger partial charge in [0.15, 0.2) is 5.11 Å². The van der Waals surface area contributed by atoms with Gasteiger partial charge in [-0.15, -0.1) is 0 Å². The topological polar surface area (TPSA) is 41.6 Å². The van der Waals surface area contributed by atoms with Crippen LogP contribution in [0, 0.1) is 0 Å². The fraction of sp³-hybridized carbons (Fsp3) is 0.100. The molecule has 4 heteroatoms. The van der Waals surface area contributed by atoms with E-state index in [2.05, 4.69) is 59.7 Å². The first kappa shape index (κ1) is 14.8. The highest BCUT2D eigenvalue weighted by molar-refractivity contribution is 7.80. The summed E-state index contributed by atoms with van der Waals surface area (Å²) in [5, 5.41) is 9.19. The monoisotopic (exact) mass is 331 g/mol. The zero-order valence-electron chi connectivity index (χ0n) is 13.1. The third kappa shape index (κ3) is 2.65. The van der Waals surface area contributed by atoms with Gasteiger partial charge in [-0.2, -0.15) is 5.10 Å². The van der Waals surface area contributed by atoms with E-state index in [1.54, 1.807) is 5.01 Å². The molecule has 0 aliphatic carbocycles. The first-order valence-electron chi connectivity index (χ1n) is 7.92. The SMILES string of the molecule is NC(=S)N1N=C(c2ccccc2)CC1c1ccc2ccccc2c1. The third-order valence-corrected chi connectivity index (χ3v) is 4.59. The number of rotatable bonds is 2. The van der Waals surface area contributed by atoms with Crippen LogP contribution >= 0.6 is 12.2 Å². The number of thiocarbonyl (C=S) groups is 1. The lowest BCUT2D eigenvalue weighted by molar-refractivity contribution is 0.373. The maximum atomic E-state index is 5.93. The van der Waals surface area contributed by atoms with Crippen LogP contribution in [-0.4, -0.2) is 15.8 Å². The van der Waals surface area contributed by atoms with Crippen molar-refractivity contribution >= 4 is 33.8 Å². The summed E-state index contributed by atoms with van der Waals surface area (Å²) < 4.78 is 0. The fourth-order valence-corrected chi connectivity index (χ4v) is 3.36. The van der Waals surface area contributed by atoms with Crippen molar-refractivity contribution in [3.8, 4) is 0 Å². The second-order valence-corrected chi connectivity index (χ2v) is 6.34. The van der Waals surface area contributed by atoms with Crippen molar-refractivity contribution in [1.29, 1.82) is 0 Å². The second-order valence-electron chi connectivity index (χ2n) is 5.92. The summed E-state index contributed by atoms with van der Waals surface area (Å²) in [4.78, 5) is 0. The molecule has 2 N–H and O–H groups in total. The van der Waals surface area contributed by atoms with Gasteiger partial charge < -0.3 is 5.73 Å². The van der Waals surface area contributed by atoms with E-state index in [9.17, 15) is 0 Å². The number of nitrogens with two attached hydrogens (primary N) is 1. The minimum absolute atomic E-state index is 0.0438. The van der Waals surface area contributed by atoms with Crippen LogP contribution in [0.25, 0.3) is 10.8 Å². The largest absolute Gasteiger partial charge is 0.375 e. The Hall–Kier alpha value is -2.72. The summed E-state index contributed by atoms with van der Waals surface area (Å²) >= 11 is 5.23.